The lowest BCUT2D eigenvalue weighted by Gasteiger charge is -2.38. The third-order valence-corrected chi connectivity index (χ3v) is 4.82. The third kappa shape index (κ3) is 2.86. The third-order valence-electron chi connectivity index (χ3n) is 4.59. The summed E-state index contributed by atoms with van der Waals surface area (Å²) in [5, 5.41) is 11.8. The van der Waals surface area contributed by atoms with Crippen molar-refractivity contribution < 1.29 is 4.79 Å². The van der Waals surface area contributed by atoms with Crippen LogP contribution in [0, 0.1) is 12.8 Å². The second kappa shape index (κ2) is 6.53. The Morgan fingerprint density at radius 2 is 2.15 bits per heavy atom. The minimum Gasteiger partial charge on any atom is -0.353 e. The number of hydrogen-bond donors (Lipinski definition) is 1. The number of carbonyl (C=O) groups excluding carboxylic acids is 1. The summed E-state index contributed by atoms with van der Waals surface area (Å²) in [5.41, 5.74) is 3.10. The summed E-state index contributed by atoms with van der Waals surface area (Å²) in [5.74, 6) is 0.589. The summed E-state index contributed by atoms with van der Waals surface area (Å²) >= 11 is 6.01. The van der Waals surface area contributed by atoms with Crippen LogP contribution in [0.1, 0.15) is 12.5 Å². The molecule has 0 unspecified atom stereocenters. The van der Waals surface area contributed by atoms with Crippen LogP contribution >= 0.6 is 11.6 Å². The molecule has 3 heterocycles. The van der Waals surface area contributed by atoms with Crippen molar-refractivity contribution in [1.29, 1.82) is 0 Å². The zero-order valence-corrected chi connectivity index (χ0v) is 15.2. The molecule has 1 aromatic carbocycles. The molecule has 0 bridgehead atoms. The second-order valence-electron chi connectivity index (χ2n) is 6.33. The smallest absolute Gasteiger partial charge is 0.231 e. The van der Waals surface area contributed by atoms with E-state index in [9.17, 15) is 4.79 Å². The molecule has 2 aromatic heterocycles. The van der Waals surface area contributed by atoms with Crippen LogP contribution in [0.15, 0.2) is 24.5 Å². The quantitative estimate of drug-likeness (QED) is 0.756. The molecule has 1 amide bonds. The summed E-state index contributed by atoms with van der Waals surface area (Å²) < 4.78 is 1.73. The summed E-state index contributed by atoms with van der Waals surface area (Å²) in [7, 11) is 0. The van der Waals surface area contributed by atoms with Crippen LogP contribution in [0.2, 0.25) is 5.02 Å². The number of hydrogen-bond acceptors (Lipinski definition) is 6. The Hall–Kier alpha value is -2.74. The lowest BCUT2D eigenvalue weighted by Crippen LogP contribution is -2.52. The molecule has 1 fully saturated rings. The van der Waals surface area contributed by atoms with Crippen molar-refractivity contribution in [3.05, 3.63) is 35.1 Å². The van der Waals surface area contributed by atoms with Gasteiger partial charge in [-0.25, -0.2) is 14.6 Å². The standard InChI is InChI=1S/C17H18ClN7O/c1-3-25-16-14(22-23-25)15(19-9-20-16)24-7-11(8-24)17(26)21-13-6-12(18)5-4-10(13)2/h4-6,9,11H,3,7-8H2,1-2H3,(H,21,26). The molecular formula is C17H18ClN7O. The van der Waals surface area contributed by atoms with E-state index in [4.69, 9.17) is 11.6 Å². The second-order valence-corrected chi connectivity index (χ2v) is 6.76. The number of fused-ring (bicyclic) bond motifs is 1. The fourth-order valence-electron chi connectivity index (χ4n) is 3.01. The SMILES string of the molecule is CCn1nnc2c(N3CC(C(=O)Nc4cc(Cl)ccc4C)C3)ncnc21. The first-order valence-corrected chi connectivity index (χ1v) is 8.80. The lowest BCUT2D eigenvalue weighted by molar-refractivity contribution is -0.120. The highest BCUT2D eigenvalue weighted by atomic mass is 35.5. The van der Waals surface area contributed by atoms with E-state index < -0.39 is 0 Å². The number of nitrogens with one attached hydrogen (secondary N) is 1. The van der Waals surface area contributed by atoms with E-state index in [1.807, 2.05) is 24.8 Å². The first-order valence-electron chi connectivity index (χ1n) is 8.43. The van der Waals surface area contributed by atoms with Gasteiger partial charge in [-0.05, 0) is 31.5 Å². The number of aryl methyl sites for hydroxylation is 2. The predicted octanol–water partition coefficient (Wildman–Crippen LogP) is 2.28. The Morgan fingerprint density at radius 1 is 1.35 bits per heavy atom. The number of nitrogens with zero attached hydrogens (tertiary/aromatic N) is 6. The molecule has 0 aliphatic carbocycles. The Kier molecular flexibility index (Phi) is 4.20. The molecule has 9 heteroatoms. The largest absolute Gasteiger partial charge is 0.353 e. The minimum atomic E-state index is -0.111. The fourth-order valence-corrected chi connectivity index (χ4v) is 3.18. The van der Waals surface area contributed by atoms with E-state index in [0.29, 0.717) is 35.8 Å². The summed E-state index contributed by atoms with van der Waals surface area (Å²) in [6.45, 7) is 5.77. The number of rotatable bonds is 4. The van der Waals surface area contributed by atoms with Gasteiger partial charge in [0.05, 0.1) is 5.92 Å². The van der Waals surface area contributed by atoms with Gasteiger partial charge >= 0.3 is 0 Å². The van der Waals surface area contributed by atoms with Crippen molar-refractivity contribution in [3.8, 4) is 0 Å². The van der Waals surface area contributed by atoms with E-state index in [-0.39, 0.29) is 11.8 Å². The van der Waals surface area contributed by atoms with E-state index in [2.05, 4.69) is 25.6 Å². The highest BCUT2D eigenvalue weighted by molar-refractivity contribution is 6.31. The van der Waals surface area contributed by atoms with E-state index in [1.54, 1.807) is 16.8 Å². The van der Waals surface area contributed by atoms with Crippen molar-refractivity contribution in [2.24, 2.45) is 5.92 Å². The van der Waals surface area contributed by atoms with Crippen LogP contribution in [-0.4, -0.2) is 44.0 Å². The van der Waals surface area contributed by atoms with Gasteiger partial charge in [0.15, 0.2) is 17.0 Å². The van der Waals surface area contributed by atoms with Gasteiger partial charge in [-0.15, -0.1) is 5.10 Å². The van der Waals surface area contributed by atoms with Crippen LogP contribution in [0.4, 0.5) is 11.5 Å². The van der Waals surface area contributed by atoms with Crippen LogP contribution < -0.4 is 10.2 Å². The lowest BCUT2D eigenvalue weighted by atomic mass is 9.98. The molecule has 4 rings (SSSR count). The summed E-state index contributed by atoms with van der Waals surface area (Å²) in [6, 6.07) is 5.46. The normalized spacial score (nSPS) is 14.5. The Labute approximate surface area is 155 Å². The van der Waals surface area contributed by atoms with E-state index in [1.165, 1.54) is 6.33 Å². The van der Waals surface area contributed by atoms with Crippen LogP contribution in [0.25, 0.3) is 11.2 Å². The molecule has 1 N–H and O–H groups in total. The van der Waals surface area contributed by atoms with Gasteiger partial charge in [-0.3, -0.25) is 4.79 Å². The Balaban J connectivity index is 1.46. The average Bonchev–Trinajstić information content (AvgIpc) is 3.01. The molecule has 0 radical (unpaired) electrons. The predicted molar refractivity (Wildman–Crippen MR) is 99.3 cm³/mol. The first-order chi connectivity index (χ1) is 12.6. The van der Waals surface area contributed by atoms with Gasteiger partial charge in [0.2, 0.25) is 5.91 Å². The highest BCUT2D eigenvalue weighted by Gasteiger charge is 2.35. The number of halogens is 1. The molecule has 0 saturated carbocycles. The average molecular weight is 372 g/mol. The van der Waals surface area contributed by atoms with Gasteiger partial charge < -0.3 is 10.2 Å². The first kappa shape index (κ1) is 16.7. The molecule has 8 nitrogen and oxygen atoms in total. The number of carbonyl (C=O) groups is 1. The number of aromatic nitrogens is 5. The van der Waals surface area contributed by atoms with Crippen LogP contribution in [0.5, 0.6) is 0 Å². The molecule has 1 aliphatic rings. The summed E-state index contributed by atoms with van der Waals surface area (Å²) in [6.07, 6.45) is 1.51. The maximum absolute atomic E-state index is 12.5. The highest BCUT2D eigenvalue weighted by Crippen LogP contribution is 2.29. The number of amides is 1. The molecule has 0 spiro atoms. The zero-order chi connectivity index (χ0) is 18.3. The van der Waals surface area contributed by atoms with E-state index in [0.717, 1.165) is 17.1 Å². The molecule has 134 valence electrons. The number of anilines is 2. The Morgan fingerprint density at radius 3 is 2.92 bits per heavy atom. The van der Waals surface area contributed by atoms with Gasteiger partial charge in [0.1, 0.15) is 6.33 Å². The molecular weight excluding hydrogens is 354 g/mol. The summed E-state index contributed by atoms with van der Waals surface area (Å²) in [4.78, 5) is 23.1. The van der Waals surface area contributed by atoms with Gasteiger partial charge in [-0.2, -0.15) is 0 Å². The Bertz CT molecular complexity index is 980. The van der Waals surface area contributed by atoms with Gasteiger partial charge in [0, 0.05) is 30.3 Å². The van der Waals surface area contributed by atoms with Crippen molar-refractivity contribution in [2.75, 3.05) is 23.3 Å². The molecule has 0 atom stereocenters. The topological polar surface area (TPSA) is 88.8 Å². The van der Waals surface area contributed by atoms with Crippen molar-refractivity contribution in [3.63, 3.8) is 0 Å². The van der Waals surface area contributed by atoms with E-state index >= 15 is 0 Å². The number of benzene rings is 1. The monoisotopic (exact) mass is 371 g/mol. The van der Waals surface area contributed by atoms with Crippen LogP contribution in [0.3, 0.4) is 0 Å². The van der Waals surface area contributed by atoms with Crippen molar-refractivity contribution in [1.82, 2.24) is 25.0 Å². The maximum atomic E-state index is 12.5. The maximum Gasteiger partial charge on any atom is 0.231 e. The van der Waals surface area contributed by atoms with Crippen molar-refractivity contribution in [2.45, 2.75) is 20.4 Å². The van der Waals surface area contributed by atoms with Gasteiger partial charge in [-0.1, -0.05) is 22.9 Å². The van der Waals surface area contributed by atoms with Crippen LogP contribution in [-0.2, 0) is 11.3 Å². The molecule has 1 aliphatic heterocycles. The van der Waals surface area contributed by atoms with Gasteiger partial charge in [0.25, 0.3) is 0 Å². The van der Waals surface area contributed by atoms with Crippen molar-refractivity contribution >= 4 is 40.2 Å². The molecule has 1 saturated heterocycles. The zero-order valence-electron chi connectivity index (χ0n) is 14.5. The minimum absolute atomic E-state index is 0.0193. The fraction of sp³-hybridized carbons (Fsp3) is 0.353. The molecule has 26 heavy (non-hydrogen) atoms. The molecule has 3 aromatic rings.